The molecule has 1 N–H and O–H groups in total. The Labute approximate surface area is 246 Å². The van der Waals surface area contributed by atoms with Crippen LogP contribution in [-0.2, 0) is 21.6 Å². The molecule has 11 heteroatoms. The second-order valence-electron chi connectivity index (χ2n) is 12.6. The molecule has 4 aliphatic rings. The highest BCUT2D eigenvalue weighted by atomic mass is 19.4. The Morgan fingerprint density at radius 1 is 1.07 bits per heavy atom. The number of hydrogen-bond acceptors (Lipinski definition) is 4. The number of nitrogens with zero attached hydrogens (tertiary/aromatic N) is 1. The number of hydrogen-bond donors (Lipinski definition) is 1. The number of ether oxygens (including phenoxy) is 2. The summed E-state index contributed by atoms with van der Waals surface area (Å²) in [5, 5.41) is 3.32. The van der Waals surface area contributed by atoms with Gasteiger partial charge in [0.2, 0.25) is 11.8 Å². The quantitative estimate of drug-likeness (QED) is 0.401. The number of carbonyl (C=O) groups excluding carboxylic acids is 1. The first-order chi connectivity index (χ1) is 20.5. The Bertz CT molecular complexity index is 1330. The topological polar surface area (TPSA) is 50.8 Å². The molecule has 1 aliphatic carbocycles. The zero-order valence-electron chi connectivity index (χ0n) is 23.8. The van der Waals surface area contributed by atoms with Gasteiger partial charge in [-0.15, -0.1) is 0 Å². The molecule has 1 amide bonds. The lowest BCUT2D eigenvalue weighted by Crippen LogP contribution is -2.56. The molecule has 6 rings (SSSR count). The van der Waals surface area contributed by atoms with Crippen molar-refractivity contribution in [2.45, 2.75) is 74.6 Å². The smallest absolute Gasteiger partial charge is 0.422 e. The molecule has 0 aromatic heterocycles. The van der Waals surface area contributed by atoms with Gasteiger partial charge in [0.15, 0.2) is 6.61 Å². The predicted molar refractivity (Wildman–Crippen MR) is 146 cm³/mol. The van der Waals surface area contributed by atoms with Gasteiger partial charge >= 0.3 is 6.18 Å². The monoisotopic (exact) mass is 610 g/mol. The molecule has 43 heavy (non-hydrogen) atoms. The Kier molecular flexibility index (Phi) is 8.17. The van der Waals surface area contributed by atoms with E-state index in [9.17, 15) is 31.1 Å². The molecule has 3 aliphatic heterocycles. The molecule has 3 heterocycles. The molecule has 0 bridgehead atoms. The average molecular weight is 611 g/mol. The van der Waals surface area contributed by atoms with Crippen molar-refractivity contribution in [1.29, 1.82) is 0 Å². The zero-order chi connectivity index (χ0) is 30.4. The van der Waals surface area contributed by atoms with Crippen LogP contribution in [0.2, 0.25) is 0 Å². The fraction of sp³-hybridized carbons (Fsp3) is 0.594. The van der Waals surface area contributed by atoms with E-state index in [0.29, 0.717) is 43.6 Å². The highest BCUT2D eigenvalue weighted by Crippen LogP contribution is 2.48. The van der Waals surface area contributed by atoms with Crippen molar-refractivity contribution in [2.75, 3.05) is 32.8 Å². The zero-order valence-corrected chi connectivity index (χ0v) is 23.8. The molecule has 2 aromatic carbocycles. The van der Waals surface area contributed by atoms with Crippen LogP contribution in [0.4, 0.5) is 26.3 Å². The van der Waals surface area contributed by atoms with E-state index in [2.05, 4.69) is 5.32 Å². The Hall–Kier alpha value is -2.79. The van der Waals surface area contributed by atoms with Gasteiger partial charge < -0.3 is 19.7 Å². The number of nitrogens with one attached hydrogen (secondary N) is 1. The molecule has 3 fully saturated rings. The van der Waals surface area contributed by atoms with E-state index < -0.39 is 30.0 Å². The van der Waals surface area contributed by atoms with Crippen molar-refractivity contribution in [3.8, 4) is 5.75 Å². The first kappa shape index (κ1) is 30.2. The summed E-state index contributed by atoms with van der Waals surface area (Å²) in [6.07, 6.45) is -3.39. The van der Waals surface area contributed by atoms with E-state index in [-0.39, 0.29) is 74.2 Å². The third-order valence-electron chi connectivity index (χ3n) is 10.00. The van der Waals surface area contributed by atoms with Crippen LogP contribution >= 0.6 is 0 Å². The van der Waals surface area contributed by atoms with Crippen LogP contribution in [0.5, 0.6) is 5.75 Å². The third kappa shape index (κ3) is 5.99. The maximum Gasteiger partial charge on any atom is 0.422 e. The number of likely N-dealkylation sites (tertiary alicyclic amines) is 1. The summed E-state index contributed by atoms with van der Waals surface area (Å²) in [4.78, 5) is 16.4. The lowest BCUT2D eigenvalue weighted by molar-refractivity contribution is -0.153. The fourth-order valence-electron chi connectivity index (χ4n) is 7.86. The van der Waals surface area contributed by atoms with Gasteiger partial charge in [-0.05, 0) is 60.8 Å². The van der Waals surface area contributed by atoms with E-state index in [1.165, 1.54) is 12.1 Å². The molecule has 1 saturated carbocycles. The molecular weight excluding hydrogens is 574 g/mol. The van der Waals surface area contributed by atoms with Crippen LogP contribution in [0, 0.1) is 17.7 Å². The summed E-state index contributed by atoms with van der Waals surface area (Å²) in [7, 11) is 0. The highest BCUT2D eigenvalue weighted by molar-refractivity contribution is 5.82. The molecule has 2 aromatic rings. The maximum atomic E-state index is 14.8. The van der Waals surface area contributed by atoms with Crippen LogP contribution < -0.4 is 10.1 Å². The third-order valence-corrected chi connectivity index (χ3v) is 10.00. The second kappa shape index (κ2) is 11.6. The van der Waals surface area contributed by atoms with Gasteiger partial charge in [0.1, 0.15) is 11.6 Å². The van der Waals surface area contributed by atoms with Crippen molar-refractivity contribution in [3.05, 3.63) is 65.0 Å². The van der Waals surface area contributed by atoms with Gasteiger partial charge in [0.05, 0.1) is 19.1 Å². The lowest BCUT2D eigenvalue weighted by Gasteiger charge is -2.48. The summed E-state index contributed by atoms with van der Waals surface area (Å²) in [6, 6.07) is 11.2. The lowest BCUT2D eigenvalue weighted by atomic mass is 9.68. The number of piperidine rings is 1. The number of rotatable bonds is 5. The molecule has 234 valence electrons. The fourth-order valence-corrected chi connectivity index (χ4v) is 7.86. The van der Waals surface area contributed by atoms with Crippen molar-refractivity contribution in [3.63, 3.8) is 0 Å². The number of carbonyl (C=O) groups is 1. The number of halogens is 6. The van der Waals surface area contributed by atoms with E-state index in [1.54, 1.807) is 24.3 Å². The minimum atomic E-state index is -4.50. The van der Waals surface area contributed by atoms with Crippen LogP contribution in [-0.4, -0.2) is 61.8 Å². The van der Waals surface area contributed by atoms with Crippen molar-refractivity contribution in [1.82, 2.24) is 10.2 Å². The molecule has 4 atom stereocenters. The van der Waals surface area contributed by atoms with Gasteiger partial charge in [-0.2, -0.15) is 13.2 Å². The summed E-state index contributed by atoms with van der Waals surface area (Å²) in [5.74, 6) is -3.93. The van der Waals surface area contributed by atoms with Crippen molar-refractivity contribution >= 4 is 5.91 Å². The van der Waals surface area contributed by atoms with E-state index in [1.807, 2.05) is 11.0 Å². The number of fused-ring (bicyclic) bond motifs is 2. The van der Waals surface area contributed by atoms with E-state index >= 15 is 0 Å². The molecular formula is C32H36F6N2O3. The Morgan fingerprint density at radius 2 is 1.84 bits per heavy atom. The first-order valence-corrected chi connectivity index (χ1v) is 15.0. The maximum absolute atomic E-state index is 14.8. The summed E-state index contributed by atoms with van der Waals surface area (Å²) in [6.45, 7) is -0.0548. The van der Waals surface area contributed by atoms with Gasteiger partial charge in [-0.3, -0.25) is 4.79 Å². The van der Waals surface area contributed by atoms with Gasteiger partial charge in [-0.25, -0.2) is 13.2 Å². The number of alkyl halides is 5. The molecule has 1 spiro atoms. The minimum Gasteiger partial charge on any atom is -0.484 e. The van der Waals surface area contributed by atoms with Crippen LogP contribution in [0.3, 0.4) is 0 Å². The standard InChI is InChI=1S/C32H36F6N2O3/c33-26-6-2-1-4-22(26)21-10-13-40(27(14-21)20-8-11-31(34,35)12-9-20)29(41)25-15-39-17-30(25)18-42-16-23-24(30)5-3-7-28(23)43-19-32(36,37)38/h1-7,20-21,25,27,39H,8-19H2. The molecule has 4 unspecified atom stereocenters. The summed E-state index contributed by atoms with van der Waals surface area (Å²) in [5.41, 5.74) is 0.996. The molecule has 0 radical (unpaired) electrons. The molecule has 2 saturated heterocycles. The first-order valence-electron chi connectivity index (χ1n) is 15.0. The van der Waals surface area contributed by atoms with Crippen LogP contribution in [0.1, 0.15) is 61.1 Å². The van der Waals surface area contributed by atoms with Crippen LogP contribution in [0.25, 0.3) is 0 Å². The second-order valence-corrected chi connectivity index (χ2v) is 12.6. The SMILES string of the molecule is O=C(C1CNCC12COCc1c(OCC(F)(F)F)cccc12)N1CCC(c2ccccc2F)CC1C1CCC(F)(F)CC1. The highest BCUT2D eigenvalue weighted by Gasteiger charge is 2.54. The van der Waals surface area contributed by atoms with E-state index in [4.69, 9.17) is 9.47 Å². The van der Waals surface area contributed by atoms with Gasteiger partial charge in [0.25, 0.3) is 0 Å². The largest absolute Gasteiger partial charge is 0.484 e. The van der Waals surface area contributed by atoms with Crippen LogP contribution in [0.15, 0.2) is 42.5 Å². The summed E-state index contributed by atoms with van der Waals surface area (Å²) >= 11 is 0. The predicted octanol–water partition coefficient (Wildman–Crippen LogP) is 6.35. The van der Waals surface area contributed by atoms with Gasteiger partial charge in [-0.1, -0.05) is 30.3 Å². The minimum absolute atomic E-state index is 0.0684. The van der Waals surface area contributed by atoms with Crippen molar-refractivity contribution in [2.24, 2.45) is 11.8 Å². The number of benzene rings is 2. The Balaban J connectivity index is 1.30. The normalized spacial score (nSPS) is 29.4. The van der Waals surface area contributed by atoms with E-state index in [0.717, 1.165) is 5.56 Å². The Morgan fingerprint density at radius 3 is 2.58 bits per heavy atom. The average Bonchev–Trinajstić information content (AvgIpc) is 3.39. The van der Waals surface area contributed by atoms with Gasteiger partial charge in [0, 0.05) is 49.5 Å². The summed E-state index contributed by atoms with van der Waals surface area (Å²) < 4.78 is 93.0. The number of amides is 1. The van der Waals surface area contributed by atoms with Crippen molar-refractivity contribution < 1.29 is 40.6 Å². The molecule has 5 nitrogen and oxygen atoms in total.